The number of nitrogen functional groups attached to an aromatic ring is 1. The molecule has 0 aliphatic carbocycles. The molecule has 0 radical (unpaired) electrons. The van der Waals surface area contributed by atoms with E-state index >= 15 is 0 Å². The summed E-state index contributed by atoms with van der Waals surface area (Å²) in [6.45, 7) is 3.82. The van der Waals surface area contributed by atoms with Gasteiger partial charge in [0.15, 0.2) is 0 Å². The molecule has 14 heavy (non-hydrogen) atoms. The summed E-state index contributed by atoms with van der Waals surface area (Å²) in [6, 6.07) is 1.58. The smallest absolute Gasteiger partial charge is 0.248 e. The molecule has 6 heteroatoms. The molecule has 0 aromatic carbocycles. The van der Waals surface area contributed by atoms with E-state index in [1.54, 1.807) is 6.07 Å². The Morgan fingerprint density at radius 2 is 1.93 bits per heavy atom. The zero-order valence-electron chi connectivity index (χ0n) is 8.35. The van der Waals surface area contributed by atoms with Gasteiger partial charge >= 0.3 is 0 Å². The highest BCUT2D eigenvalue weighted by atomic mass is 32.2. The van der Waals surface area contributed by atoms with Crippen LogP contribution in [0.4, 0.5) is 5.82 Å². The topological polar surface area (TPSA) is 85.9 Å². The Morgan fingerprint density at radius 3 is 2.36 bits per heavy atom. The maximum absolute atomic E-state index is 11.2. The predicted octanol–water partition coefficient (Wildman–Crippen LogP) is 0.586. The Morgan fingerprint density at radius 1 is 1.36 bits per heavy atom. The zero-order valence-corrected chi connectivity index (χ0v) is 9.17. The lowest BCUT2D eigenvalue weighted by Gasteiger charge is -2.06. The van der Waals surface area contributed by atoms with E-state index in [1.165, 1.54) is 0 Å². The molecule has 1 aromatic rings. The van der Waals surface area contributed by atoms with E-state index < -0.39 is 9.84 Å². The molecule has 0 bridgehead atoms. The van der Waals surface area contributed by atoms with Crippen molar-refractivity contribution in [3.05, 3.63) is 11.8 Å². The monoisotopic (exact) mass is 215 g/mol. The lowest BCUT2D eigenvalue weighted by Crippen LogP contribution is -2.09. The molecule has 1 heterocycles. The van der Waals surface area contributed by atoms with Crippen molar-refractivity contribution < 1.29 is 8.42 Å². The first-order valence-electron chi connectivity index (χ1n) is 4.15. The van der Waals surface area contributed by atoms with Gasteiger partial charge in [-0.3, -0.25) is 0 Å². The molecular weight excluding hydrogens is 202 g/mol. The molecule has 0 fully saturated rings. The first-order chi connectivity index (χ1) is 6.30. The summed E-state index contributed by atoms with van der Waals surface area (Å²) in [5, 5.41) is -0.207. The van der Waals surface area contributed by atoms with Crippen LogP contribution in [-0.2, 0) is 9.84 Å². The van der Waals surface area contributed by atoms with Gasteiger partial charge < -0.3 is 5.73 Å². The van der Waals surface area contributed by atoms with Crippen molar-refractivity contribution in [2.45, 2.75) is 24.9 Å². The van der Waals surface area contributed by atoms with Crippen molar-refractivity contribution >= 4 is 15.7 Å². The number of aromatic nitrogens is 2. The molecule has 0 saturated carbocycles. The van der Waals surface area contributed by atoms with Crippen LogP contribution in [-0.4, -0.2) is 24.6 Å². The van der Waals surface area contributed by atoms with Gasteiger partial charge in [0.05, 0.1) is 0 Å². The maximum atomic E-state index is 11.2. The van der Waals surface area contributed by atoms with E-state index in [1.807, 2.05) is 13.8 Å². The molecule has 78 valence electrons. The van der Waals surface area contributed by atoms with Gasteiger partial charge in [0.2, 0.25) is 15.0 Å². The highest BCUT2D eigenvalue weighted by Crippen LogP contribution is 2.15. The molecule has 1 aromatic heterocycles. The van der Waals surface area contributed by atoms with Gasteiger partial charge in [-0.1, -0.05) is 13.8 Å². The first kappa shape index (κ1) is 10.9. The van der Waals surface area contributed by atoms with Crippen molar-refractivity contribution in [3.8, 4) is 0 Å². The van der Waals surface area contributed by atoms with Crippen molar-refractivity contribution in [2.24, 2.45) is 0 Å². The normalized spacial score (nSPS) is 12.0. The summed E-state index contributed by atoms with van der Waals surface area (Å²) in [4.78, 5) is 7.59. The number of sulfone groups is 1. The van der Waals surface area contributed by atoms with Gasteiger partial charge in [-0.25, -0.2) is 18.4 Å². The second-order valence-electron chi connectivity index (χ2n) is 3.43. The molecule has 2 N–H and O–H groups in total. The van der Waals surface area contributed by atoms with Crippen LogP contribution in [0.1, 0.15) is 25.5 Å². The Hall–Kier alpha value is -1.17. The van der Waals surface area contributed by atoms with Crippen molar-refractivity contribution in [1.82, 2.24) is 9.97 Å². The average molecular weight is 215 g/mol. The molecular formula is C8H13N3O2S. The van der Waals surface area contributed by atoms with E-state index in [4.69, 9.17) is 5.73 Å². The summed E-state index contributed by atoms with van der Waals surface area (Å²) in [5.41, 5.74) is 6.12. The lowest BCUT2D eigenvalue weighted by molar-refractivity contribution is 0.591. The van der Waals surface area contributed by atoms with Crippen LogP contribution < -0.4 is 5.73 Å². The van der Waals surface area contributed by atoms with Crippen LogP contribution in [0.2, 0.25) is 0 Å². The summed E-state index contributed by atoms with van der Waals surface area (Å²) in [6.07, 6.45) is 1.06. The molecule has 0 aliphatic heterocycles. The SMILES string of the molecule is CC(C)c1cc(N)nc(S(C)(=O)=O)n1. The second-order valence-corrected chi connectivity index (χ2v) is 5.34. The fraction of sp³-hybridized carbons (Fsp3) is 0.500. The summed E-state index contributed by atoms with van der Waals surface area (Å²) >= 11 is 0. The van der Waals surface area contributed by atoms with Gasteiger partial charge in [0.25, 0.3) is 0 Å². The standard InChI is InChI=1S/C8H13N3O2S/c1-5(2)6-4-7(9)11-8(10-6)14(3,12)13/h4-5H,1-3H3,(H2,9,10,11). The fourth-order valence-corrected chi connectivity index (χ4v) is 1.47. The van der Waals surface area contributed by atoms with Crippen LogP contribution in [0.25, 0.3) is 0 Å². The van der Waals surface area contributed by atoms with Gasteiger partial charge in [0, 0.05) is 18.0 Å². The lowest BCUT2D eigenvalue weighted by atomic mass is 10.1. The van der Waals surface area contributed by atoms with Crippen LogP contribution in [0.15, 0.2) is 11.2 Å². The zero-order chi connectivity index (χ0) is 10.9. The highest BCUT2D eigenvalue weighted by molar-refractivity contribution is 7.90. The third-order valence-electron chi connectivity index (χ3n) is 1.67. The van der Waals surface area contributed by atoms with Crippen molar-refractivity contribution in [3.63, 3.8) is 0 Å². The number of nitrogens with zero attached hydrogens (tertiary/aromatic N) is 2. The van der Waals surface area contributed by atoms with E-state index in [-0.39, 0.29) is 16.9 Å². The van der Waals surface area contributed by atoms with Crippen LogP contribution in [0.3, 0.4) is 0 Å². The second kappa shape index (κ2) is 3.53. The quantitative estimate of drug-likeness (QED) is 0.729. The van der Waals surface area contributed by atoms with Crippen LogP contribution in [0.5, 0.6) is 0 Å². The molecule has 0 spiro atoms. The van der Waals surface area contributed by atoms with Gasteiger partial charge in [-0.15, -0.1) is 0 Å². The molecule has 0 unspecified atom stereocenters. The molecule has 5 nitrogen and oxygen atoms in total. The highest BCUT2D eigenvalue weighted by Gasteiger charge is 2.14. The van der Waals surface area contributed by atoms with Crippen molar-refractivity contribution in [1.29, 1.82) is 0 Å². The van der Waals surface area contributed by atoms with Crippen LogP contribution >= 0.6 is 0 Å². The largest absolute Gasteiger partial charge is 0.384 e. The molecule has 0 aliphatic rings. The van der Waals surface area contributed by atoms with E-state index in [0.717, 1.165) is 6.26 Å². The summed E-state index contributed by atoms with van der Waals surface area (Å²) in [5.74, 6) is 0.310. The average Bonchev–Trinajstić information content (AvgIpc) is 2.01. The summed E-state index contributed by atoms with van der Waals surface area (Å²) < 4.78 is 22.4. The number of hydrogen-bond donors (Lipinski definition) is 1. The van der Waals surface area contributed by atoms with E-state index in [9.17, 15) is 8.42 Å². The minimum atomic E-state index is -3.38. The number of rotatable bonds is 2. The minimum absolute atomic E-state index is 0.126. The van der Waals surface area contributed by atoms with Crippen LogP contribution in [0, 0.1) is 0 Å². The molecule has 1 rings (SSSR count). The van der Waals surface area contributed by atoms with E-state index in [2.05, 4.69) is 9.97 Å². The van der Waals surface area contributed by atoms with Gasteiger partial charge in [-0.05, 0) is 5.92 Å². The minimum Gasteiger partial charge on any atom is -0.384 e. The van der Waals surface area contributed by atoms with Crippen molar-refractivity contribution in [2.75, 3.05) is 12.0 Å². The molecule has 0 amide bonds. The van der Waals surface area contributed by atoms with E-state index in [0.29, 0.717) is 5.69 Å². The number of nitrogens with two attached hydrogens (primary N) is 1. The third kappa shape index (κ3) is 2.41. The maximum Gasteiger partial charge on any atom is 0.248 e. The molecule has 0 atom stereocenters. The Bertz CT molecular complexity index is 440. The molecule has 0 saturated heterocycles. The number of anilines is 1. The Balaban J connectivity index is 3.35. The predicted molar refractivity (Wildman–Crippen MR) is 53.6 cm³/mol. The summed E-state index contributed by atoms with van der Waals surface area (Å²) in [7, 11) is -3.38. The Kier molecular flexibility index (Phi) is 2.75. The fourth-order valence-electron chi connectivity index (χ4n) is 0.924. The number of hydrogen-bond acceptors (Lipinski definition) is 5. The van der Waals surface area contributed by atoms with Gasteiger partial charge in [0.1, 0.15) is 5.82 Å². The third-order valence-corrected chi connectivity index (χ3v) is 2.51. The van der Waals surface area contributed by atoms with Gasteiger partial charge in [-0.2, -0.15) is 0 Å². The Labute approximate surface area is 83.3 Å². The first-order valence-corrected chi connectivity index (χ1v) is 6.04.